The van der Waals surface area contributed by atoms with Gasteiger partial charge in [0.15, 0.2) is 0 Å². The van der Waals surface area contributed by atoms with Gasteiger partial charge in [-0.25, -0.2) is 0 Å². The zero-order valence-corrected chi connectivity index (χ0v) is 21.3. The molecule has 2 aromatic rings. The van der Waals surface area contributed by atoms with Crippen molar-refractivity contribution in [1.29, 1.82) is 0 Å². The zero-order valence-electron chi connectivity index (χ0n) is 21.3. The summed E-state index contributed by atoms with van der Waals surface area (Å²) in [6.07, 6.45) is 3.13. The van der Waals surface area contributed by atoms with E-state index in [1.807, 2.05) is 45.0 Å². The lowest BCUT2D eigenvalue weighted by atomic mass is 9.91. The van der Waals surface area contributed by atoms with E-state index in [0.717, 1.165) is 18.4 Å². The Morgan fingerprint density at radius 1 is 0.875 bits per heavy atom. The van der Waals surface area contributed by atoms with Gasteiger partial charge in [-0.3, -0.25) is 4.79 Å². The van der Waals surface area contributed by atoms with Gasteiger partial charge in [0, 0.05) is 0 Å². The van der Waals surface area contributed by atoms with Gasteiger partial charge in [0.25, 0.3) is 0 Å². The number of carbonyl (C=O) groups excluding carboxylic acids is 1. The highest BCUT2D eigenvalue weighted by molar-refractivity contribution is 5.75. The molecule has 0 radical (unpaired) electrons. The highest BCUT2D eigenvalue weighted by atomic mass is 16.5. The summed E-state index contributed by atoms with van der Waals surface area (Å²) in [5, 5.41) is 17.8. The standard InChI is InChI=1S/C11H16O.C10H14O.C7H14O2/c1-3-9(2)11-6-4-10(8-12)5-7-11;1-3-8(2)9-4-6-10(11)7-5-9;1-5-7(2,3)6(8)9-4/h4-7,9,12H,3,8H2,1-2H3;4-8,11H,3H2,1-2H3;5H2,1-4H3. The van der Waals surface area contributed by atoms with Crippen LogP contribution in [0.15, 0.2) is 48.5 Å². The van der Waals surface area contributed by atoms with Crippen molar-refractivity contribution in [2.75, 3.05) is 7.11 Å². The third-order valence-electron chi connectivity index (χ3n) is 6.04. The fraction of sp³-hybridized carbons (Fsp3) is 0.536. The lowest BCUT2D eigenvalue weighted by Crippen LogP contribution is -2.24. The van der Waals surface area contributed by atoms with Crippen LogP contribution in [-0.4, -0.2) is 23.3 Å². The third-order valence-corrected chi connectivity index (χ3v) is 6.04. The molecule has 0 bridgehead atoms. The first kappa shape index (κ1) is 29.7. The summed E-state index contributed by atoms with van der Waals surface area (Å²) in [4.78, 5) is 10.8. The SMILES string of the molecule is CCC(C)(C)C(=O)OC.CCC(C)c1ccc(CO)cc1.CCC(C)c1ccc(O)cc1. The van der Waals surface area contributed by atoms with Crippen LogP contribution in [0.3, 0.4) is 0 Å². The summed E-state index contributed by atoms with van der Waals surface area (Å²) in [5.41, 5.74) is 3.33. The van der Waals surface area contributed by atoms with Crippen LogP contribution in [0, 0.1) is 5.41 Å². The zero-order chi connectivity index (χ0) is 24.7. The van der Waals surface area contributed by atoms with Gasteiger partial charge in [-0.05, 0) is 73.8 Å². The van der Waals surface area contributed by atoms with Crippen molar-refractivity contribution >= 4 is 5.97 Å². The maximum absolute atomic E-state index is 10.8. The molecular formula is C28H44O4. The van der Waals surface area contributed by atoms with Gasteiger partial charge < -0.3 is 14.9 Å². The van der Waals surface area contributed by atoms with E-state index in [9.17, 15) is 4.79 Å². The number of aliphatic hydroxyl groups excluding tert-OH is 1. The summed E-state index contributed by atoms with van der Waals surface area (Å²) in [5.74, 6) is 1.43. The molecule has 0 aliphatic heterocycles. The highest BCUT2D eigenvalue weighted by Gasteiger charge is 2.25. The first-order chi connectivity index (χ1) is 15.1. The van der Waals surface area contributed by atoms with E-state index in [2.05, 4.69) is 44.6 Å². The lowest BCUT2D eigenvalue weighted by Gasteiger charge is -2.17. The molecule has 0 saturated carbocycles. The molecular weight excluding hydrogens is 400 g/mol. The average molecular weight is 445 g/mol. The number of phenols is 1. The number of esters is 1. The van der Waals surface area contributed by atoms with Gasteiger partial charge in [-0.2, -0.15) is 0 Å². The van der Waals surface area contributed by atoms with Crippen LogP contribution in [-0.2, 0) is 16.1 Å². The first-order valence-corrected chi connectivity index (χ1v) is 11.6. The van der Waals surface area contributed by atoms with Crippen molar-refractivity contribution in [1.82, 2.24) is 0 Å². The van der Waals surface area contributed by atoms with E-state index in [1.54, 1.807) is 12.1 Å². The fourth-order valence-electron chi connectivity index (χ4n) is 2.65. The monoisotopic (exact) mass is 444 g/mol. The van der Waals surface area contributed by atoms with Crippen LogP contribution in [0.4, 0.5) is 0 Å². The second kappa shape index (κ2) is 15.5. The van der Waals surface area contributed by atoms with Gasteiger partial charge >= 0.3 is 5.97 Å². The van der Waals surface area contributed by atoms with E-state index in [4.69, 9.17) is 10.2 Å². The second-order valence-electron chi connectivity index (χ2n) is 8.84. The van der Waals surface area contributed by atoms with Crippen molar-refractivity contribution in [3.63, 3.8) is 0 Å². The Morgan fingerprint density at radius 3 is 1.56 bits per heavy atom. The van der Waals surface area contributed by atoms with Crippen LogP contribution in [0.1, 0.15) is 96.3 Å². The number of phenolic OH excluding ortho intramolecular Hbond substituents is 1. The average Bonchev–Trinajstić information content (AvgIpc) is 2.83. The van der Waals surface area contributed by atoms with Gasteiger partial charge in [-0.1, -0.05) is 71.0 Å². The molecule has 2 N–H and O–H groups in total. The number of carbonyl (C=O) groups is 1. The molecule has 4 heteroatoms. The van der Waals surface area contributed by atoms with Crippen molar-refractivity contribution < 1.29 is 19.7 Å². The quantitative estimate of drug-likeness (QED) is 0.443. The minimum atomic E-state index is -0.311. The van der Waals surface area contributed by atoms with Crippen LogP contribution in [0.25, 0.3) is 0 Å². The molecule has 4 nitrogen and oxygen atoms in total. The van der Waals surface area contributed by atoms with E-state index in [-0.39, 0.29) is 18.0 Å². The molecule has 0 heterocycles. The number of rotatable bonds is 7. The number of hydrogen-bond donors (Lipinski definition) is 2. The number of benzene rings is 2. The Bertz CT molecular complexity index is 748. The van der Waals surface area contributed by atoms with Crippen molar-refractivity contribution in [2.45, 2.75) is 86.2 Å². The Kier molecular flexibility index (Phi) is 14.3. The molecule has 0 aliphatic rings. The van der Waals surface area contributed by atoms with E-state index in [0.29, 0.717) is 17.6 Å². The molecule has 0 spiro atoms. The Balaban J connectivity index is 0.000000456. The maximum atomic E-state index is 10.8. The van der Waals surface area contributed by atoms with Crippen molar-refractivity contribution in [3.05, 3.63) is 65.2 Å². The topological polar surface area (TPSA) is 66.8 Å². The fourth-order valence-corrected chi connectivity index (χ4v) is 2.65. The number of hydrogen-bond acceptors (Lipinski definition) is 4. The predicted molar refractivity (Wildman–Crippen MR) is 134 cm³/mol. The summed E-state index contributed by atoms with van der Waals surface area (Å²) >= 11 is 0. The molecule has 32 heavy (non-hydrogen) atoms. The van der Waals surface area contributed by atoms with Crippen LogP contribution in [0.2, 0.25) is 0 Å². The summed E-state index contributed by atoms with van der Waals surface area (Å²) < 4.78 is 4.57. The normalized spacial score (nSPS) is 12.4. The molecule has 0 aromatic heterocycles. The first-order valence-electron chi connectivity index (χ1n) is 11.6. The Morgan fingerprint density at radius 2 is 1.28 bits per heavy atom. The van der Waals surface area contributed by atoms with Gasteiger partial charge in [0.1, 0.15) is 5.75 Å². The van der Waals surface area contributed by atoms with Crippen molar-refractivity contribution in [2.24, 2.45) is 5.41 Å². The number of aliphatic hydroxyl groups is 1. The molecule has 2 unspecified atom stereocenters. The van der Waals surface area contributed by atoms with Gasteiger partial charge in [-0.15, -0.1) is 0 Å². The summed E-state index contributed by atoms with van der Waals surface area (Å²) in [7, 11) is 1.42. The van der Waals surface area contributed by atoms with Crippen molar-refractivity contribution in [3.8, 4) is 5.75 Å². The number of ether oxygens (including phenoxy) is 1. The van der Waals surface area contributed by atoms with E-state index < -0.39 is 0 Å². The minimum absolute atomic E-state index is 0.134. The van der Waals surface area contributed by atoms with Crippen LogP contribution < -0.4 is 0 Å². The Hall–Kier alpha value is -2.33. The smallest absolute Gasteiger partial charge is 0.311 e. The number of aromatic hydroxyl groups is 1. The molecule has 0 aliphatic carbocycles. The summed E-state index contributed by atoms with van der Waals surface area (Å²) in [6, 6.07) is 15.6. The van der Waals surface area contributed by atoms with Crippen LogP contribution in [0.5, 0.6) is 5.75 Å². The third kappa shape index (κ3) is 10.8. The Labute approximate surface area is 195 Å². The molecule has 0 fully saturated rings. The van der Waals surface area contributed by atoms with E-state index in [1.165, 1.54) is 24.7 Å². The highest BCUT2D eigenvalue weighted by Crippen LogP contribution is 2.21. The van der Waals surface area contributed by atoms with Gasteiger partial charge in [0.05, 0.1) is 19.1 Å². The summed E-state index contributed by atoms with van der Waals surface area (Å²) in [6.45, 7) is 14.6. The van der Waals surface area contributed by atoms with E-state index >= 15 is 0 Å². The molecule has 2 rings (SSSR count). The molecule has 0 amide bonds. The number of methoxy groups -OCH3 is 1. The minimum Gasteiger partial charge on any atom is -0.508 e. The lowest BCUT2D eigenvalue weighted by molar-refractivity contribution is -0.150. The van der Waals surface area contributed by atoms with Gasteiger partial charge in [0.2, 0.25) is 0 Å². The molecule has 180 valence electrons. The largest absolute Gasteiger partial charge is 0.508 e. The molecule has 2 atom stereocenters. The predicted octanol–water partition coefficient (Wildman–Crippen LogP) is 7.19. The molecule has 2 aromatic carbocycles. The van der Waals surface area contributed by atoms with Crippen LogP contribution >= 0.6 is 0 Å². The molecule has 0 saturated heterocycles. The maximum Gasteiger partial charge on any atom is 0.311 e. The second-order valence-corrected chi connectivity index (χ2v) is 8.84.